The quantitative estimate of drug-likeness (QED) is 0.146. The van der Waals surface area contributed by atoms with Crippen LogP contribution in [0.4, 0.5) is 0 Å². The smallest absolute Gasteiger partial charge is 0.326 e. The first-order valence-corrected chi connectivity index (χ1v) is 12.8. The second-order valence-corrected chi connectivity index (χ2v) is 9.77. The molecule has 14 heteroatoms. The molecule has 1 aliphatic rings. The van der Waals surface area contributed by atoms with Crippen LogP contribution in [0.3, 0.4) is 0 Å². The number of H-pyrrole nitrogens is 2. The summed E-state index contributed by atoms with van der Waals surface area (Å²) in [4.78, 5) is 74.2. The number of carboxylic acid groups (broad SMARTS) is 1. The number of primary amides is 1. The van der Waals surface area contributed by atoms with Crippen LogP contribution >= 0.6 is 0 Å². The zero-order valence-electron chi connectivity index (χ0n) is 21.6. The minimum Gasteiger partial charge on any atom is -0.480 e. The highest BCUT2D eigenvalue weighted by Gasteiger charge is 2.38. The van der Waals surface area contributed by atoms with E-state index < -0.39 is 60.2 Å². The van der Waals surface area contributed by atoms with Crippen LogP contribution in [0.1, 0.15) is 30.5 Å². The molecule has 4 atom stereocenters. The van der Waals surface area contributed by atoms with Crippen molar-refractivity contribution in [3.63, 3.8) is 0 Å². The lowest BCUT2D eigenvalue weighted by atomic mass is 10.0. The Balaban J connectivity index is 1.52. The highest BCUT2D eigenvalue weighted by atomic mass is 16.4. The number of nitrogens with zero attached hydrogens (tertiary/aromatic N) is 2. The van der Waals surface area contributed by atoms with Gasteiger partial charge < -0.3 is 42.1 Å². The Morgan fingerprint density at radius 2 is 1.88 bits per heavy atom. The van der Waals surface area contributed by atoms with Crippen molar-refractivity contribution in [2.24, 2.45) is 11.5 Å². The van der Waals surface area contributed by atoms with Gasteiger partial charge in [-0.25, -0.2) is 9.78 Å². The zero-order valence-corrected chi connectivity index (χ0v) is 21.6. The average Bonchev–Trinajstić information content (AvgIpc) is 3.68. The molecule has 14 nitrogen and oxygen atoms in total. The van der Waals surface area contributed by atoms with E-state index >= 15 is 0 Å². The maximum Gasteiger partial charge on any atom is 0.326 e. The Bertz CT molecular complexity index is 1390. The number of imidazole rings is 1. The van der Waals surface area contributed by atoms with Crippen LogP contribution in [0.5, 0.6) is 0 Å². The number of carbonyl (C=O) groups excluding carboxylic acids is 4. The third-order valence-corrected chi connectivity index (χ3v) is 6.90. The number of carbonyl (C=O) groups is 5. The fourth-order valence-corrected chi connectivity index (χ4v) is 4.91. The van der Waals surface area contributed by atoms with E-state index in [1.54, 1.807) is 12.4 Å². The van der Waals surface area contributed by atoms with Crippen LogP contribution in [0.15, 0.2) is 43.0 Å². The maximum atomic E-state index is 13.5. The number of amides is 4. The predicted octanol–water partition coefficient (Wildman–Crippen LogP) is -1.08. The summed E-state index contributed by atoms with van der Waals surface area (Å²) in [6, 6.07) is 2.84. The van der Waals surface area contributed by atoms with E-state index in [2.05, 4.69) is 25.6 Å². The van der Waals surface area contributed by atoms with Gasteiger partial charge in [-0.3, -0.25) is 19.2 Å². The summed E-state index contributed by atoms with van der Waals surface area (Å²) in [7, 11) is 0. The van der Waals surface area contributed by atoms with Crippen LogP contribution in [0.2, 0.25) is 0 Å². The second-order valence-electron chi connectivity index (χ2n) is 9.77. The third kappa shape index (κ3) is 6.64. The van der Waals surface area contributed by atoms with E-state index in [0.29, 0.717) is 30.6 Å². The minimum atomic E-state index is -1.57. The molecule has 212 valence electrons. The van der Waals surface area contributed by atoms with Crippen LogP contribution < -0.4 is 22.1 Å². The number of fused-ring (bicyclic) bond motifs is 1. The van der Waals surface area contributed by atoms with Crippen LogP contribution in [-0.4, -0.2) is 85.3 Å². The number of aromatic amines is 2. The van der Waals surface area contributed by atoms with Gasteiger partial charge in [0.05, 0.1) is 18.8 Å². The third-order valence-electron chi connectivity index (χ3n) is 6.90. The van der Waals surface area contributed by atoms with Crippen LogP contribution in [0.25, 0.3) is 10.9 Å². The van der Waals surface area contributed by atoms with Gasteiger partial charge in [-0.05, 0) is 24.5 Å². The molecule has 0 bridgehead atoms. The van der Waals surface area contributed by atoms with Gasteiger partial charge >= 0.3 is 5.97 Å². The minimum absolute atomic E-state index is 0.0184. The fraction of sp³-hybridized carbons (Fsp3) is 0.385. The van der Waals surface area contributed by atoms with Crippen LogP contribution in [0, 0.1) is 0 Å². The normalized spacial score (nSPS) is 17.2. The molecule has 0 aliphatic carbocycles. The number of rotatable bonds is 12. The summed E-state index contributed by atoms with van der Waals surface area (Å²) in [5.74, 6) is -4.13. The highest BCUT2D eigenvalue weighted by molar-refractivity contribution is 5.96. The topological polar surface area (TPSA) is 229 Å². The van der Waals surface area contributed by atoms with E-state index in [9.17, 15) is 29.1 Å². The van der Waals surface area contributed by atoms with Gasteiger partial charge in [0.1, 0.15) is 18.1 Å². The number of carboxylic acids is 1. The lowest BCUT2D eigenvalue weighted by molar-refractivity contribution is -0.144. The maximum absolute atomic E-state index is 13.5. The zero-order chi connectivity index (χ0) is 28.8. The van der Waals surface area contributed by atoms with Crippen molar-refractivity contribution < 1.29 is 29.1 Å². The molecule has 0 spiro atoms. The Hall–Kier alpha value is -4.72. The first-order chi connectivity index (χ1) is 19.1. The number of nitrogens with two attached hydrogens (primary N) is 2. The average molecular weight is 553 g/mol. The van der Waals surface area contributed by atoms with Crippen molar-refractivity contribution in [2.75, 3.05) is 6.54 Å². The van der Waals surface area contributed by atoms with E-state index in [-0.39, 0.29) is 12.8 Å². The van der Waals surface area contributed by atoms with Crippen molar-refractivity contribution in [3.8, 4) is 0 Å². The Labute approximate surface area is 228 Å². The molecule has 1 fully saturated rings. The number of hydrogen-bond donors (Lipinski definition) is 7. The summed E-state index contributed by atoms with van der Waals surface area (Å²) >= 11 is 0. The molecule has 2 aromatic heterocycles. The molecule has 40 heavy (non-hydrogen) atoms. The van der Waals surface area contributed by atoms with Crippen molar-refractivity contribution in [2.45, 2.75) is 56.3 Å². The van der Waals surface area contributed by atoms with Crippen molar-refractivity contribution in [1.29, 1.82) is 0 Å². The molecule has 4 unspecified atom stereocenters. The van der Waals surface area contributed by atoms with Gasteiger partial charge in [-0.1, -0.05) is 18.2 Å². The lowest BCUT2D eigenvalue weighted by Crippen LogP contribution is -2.57. The fourth-order valence-electron chi connectivity index (χ4n) is 4.91. The molecular weight excluding hydrogens is 520 g/mol. The molecule has 9 N–H and O–H groups in total. The number of aromatic nitrogens is 3. The largest absolute Gasteiger partial charge is 0.480 e. The van der Waals surface area contributed by atoms with Gasteiger partial charge in [-0.15, -0.1) is 0 Å². The van der Waals surface area contributed by atoms with Crippen LogP contribution in [-0.2, 0) is 36.8 Å². The number of benzene rings is 1. The van der Waals surface area contributed by atoms with Crippen molar-refractivity contribution >= 4 is 40.5 Å². The van der Waals surface area contributed by atoms with E-state index in [4.69, 9.17) is 11.5 Å². The molecule has 1 aliphatic heterocycles. The van der Waals surface area contributed by atoms with Gasteiger partial charge in [0.15, 0.2) is 0 Å². The van der Waals surface area contributed by atoms with E-state index in [1.165, 1.54) is 11.2 Å². The summed E-state index contributed by atoms with van der Waals surface area (Å²) in [5.41, 5.74) is 13.5. The predicted molar refractivity (Wildman–Crippen MR) is 142 cm³/mol. The number of para-hydroxylation sites is 1. The lowest BCUT2D eigenvalue weighted by Gasteiger charge is -2.28. The Morgan fingerprint density at radius 1 is 1.10 bits per heavy atom. The summed E-state index contributed by atoms with van der Waals surface area (Å²) in [6.07, 6.45) is 5.31. The van der Waals surface area contributed by atoms with E-state index in [0.717, 1.165) is 10.9 Å². The summed E-state index contributed by atoms with van der Waals surface area (Å²) < 4.78 is 0. The standard InChI is InChI=1S/C26H32N8O6/c27-17(9-15-12-29-13-31-15)25(38)34-7-3-6-21(34)24(37)32-19(23(36)33-20(26(39)40)10-22(28)35)8-14-11-30-18-5-2-1-4-16(14)18/h1-2,4-5,11-13,17,19-21,30H,3,6-10,27H2,(H2,28,35)(H,29,31)(H,32,37)(H,33,36)(H,39,40). The van der Waals surface area contributed by atoms with E-state index in [1.807, 2.05) is 24.3 Å². The SMILES string of the molecule is NC(=O)CC(NC(=O)C(Cc1c[nH]c2ccccc12)NC(=O)C1CCCN1C(=O)C(N)Cc1cnc[nH]1)C(=O)O. The number of aliphatic carboxylic acids is 1. The highest BCUT2D eigenvalue weighted by Crippen LogP contribution is 2.22. The van der Waals surface area contributed by atoms with Gasteiger partial charge in [-0.2, -0.15) is 0 Å². The molecule has 4 rings (SSSR count). The molecule has 0 saturated carbocycles. The number of likely N-dealkylation sites (tertiary alicyclic amines) is 1. The van der Waals surface area contributed by atoms with Crippen molar-refractivity contribution in [3.05, 3.63) is 54.2 Å². The number of hydrogen-bond acceptors (Lipinski definition) is 7. The molecule has 0 radical (unpaired) electrons. The Morgan fingerprint density at radius 3 is 2.58 bits per heavy atom. The van der Waals surface area contributed by atoms with Gasteiger partial charge in [0, 0.05) is 48.4 Å². The summed E-state index contributed by atoms with van der Waals surface area (Å²) in [6.45, 7) is 0.326. The molecule has 3 heterocycles. The first kappa shape index (κ1) is 28.3. The Kier molecular flexibility index (Phi) is 8.79. The summed E-state index contributed by atoms with van der Waals surface area (Å²) in [5, 5.41) is 15.3. The molecular formula is C26H32N8O6. The second kappa shape index (κ2) is 12.4. The molecule has 1 aromatic carbocycles. The number of nitrogens with one attached hydrogen (secondary N) is 4. The monoisotopic (exact) mass is 552 g/mol. The molecule has 4 amide bonds. The van der Waals surface area contributed by atoms with Gasteiger partial charge in [0.2, 0.25) is 23.6 Å². The van der Waals surface area contributed by atoms with Crippen molar-refractivity contribution in [1.82, 2.24) is 30.5 Å². The first-order valence-electron chi connectivity index (χ1n) is 12.8. The van der Waals surface area contributed by atoms with Gasteiger partial charge in [0.25, 0.3) is 0 Å². The molecule has 3 aromatic rings. The molecule has 1 saturated heterocycles.